The normalized spacial score (nSPS) is 9.40. The lowest BCUT2D eigenvalue weighted by atomic mass is 10.5. The van der Waals surface area contributed by atoms with Gasteiger partial charge in [-0.05, 0) is 34.0 Å². The SMILES string of the molecule is O=C(NO)c1sccc1I. The lowest BCUT2D eigenvalue weighted by Gasteiger charge is -1.92. The van der Waals surface area contributed by atoms with Gasteiger partial charge in [-0.25, -0.2) is 5.48 Å². The fourth-order valence-corrected chi connectivity index (χ4v) is 2.23. The largest absolute Gasteiger partial charge is 0.288 e. The minimum absolute atomic E-state index is 0.445. The molecular weight excluding hydrogens is 265 g/mol. The first-order chi connectivity index (χ1) is 4.75. The highest BCUT2D eigenvalue weighted by atomic mass is 127. The van der Waals surface area contributed by atoms with Gasteiger partial charge >= 0.3 is 0 Å². The Morgan fingerprint density at radius 2 is 2.50 bits per heavy atom. The molecule has 1 heterocycles. The van der Waals surface area contributed by atoms with E-state index in [2.05, 4.69) is 0 Å². The molecule has 0 spiro atoms. The molecule has 0 fully saturated rings. The maximum absolute atomic E-state index is 10.7. The summed E-state index contributed by atoms with van der Waals surface area (Å²) in [5.74, 6) is -0.445. The molecule has 0 unspecified atom stereocenters. The molecule has 2 N–H and O–H groups in total. The van der Waals surface area contributed by atoms with Crippen molar-refractivity contribution >= 4 is 39.8 Å². The molecule has 1 aromatic rings. The van der Waals surface area contributed by atoms with Crippen molar-refractivity contribution in [1.29, 1.82) is 0 Å². The highest BCUT2D eigenvalue weighted by Gasteiger charge is 2.08. The Labute approximate surface area is 75.2 Å². The molecule has 0 aromatic carbocycles. The first-order valence-corrected chi connectivity index (χ1v) is 4.39. The number of hydrogen-bond donors (Lipinski definition) is 2. The lowest BCUT2D eigenvalue weighted by Crippen LogP contribution is -2.17. The zero-order chi connectivity index (χ0) is 7.56. The average Bonchev–Trinajstić information content (AvgIpc) is 2.34. The predicted molar refractivity (Wildman–Crippen MR) is 46.3 cm³/mol. The van der Waals surface area contributed by atoms with Crippen LogP contribution < -0.4 is 5.48 Å². The van der Waals surface area contributed by atoms with Gasteiger partial charge in [-0.1, -0.05) is 0 Å². The van der Waals surface area contributed by atoms with Gasteiger partial charge in [0.1, 0.15) is 4.88 Å². The van der Waals surface area contributed by atoms with Gasteiger partial charge in [-0.15, -0.1) is 11.3 Å². The maximum atomic E-state index is 10.7. The molecule has 1 rings (SSSR count). The smallest absolute Gasteiger partial charge is 0.285 e. The zero-order valence-corrected chi connectivity index (χ0v) is 7.77. The van der Waals surface area contributed by atoms with E-state index in [1.807, 2.05) is 28.7 Å². The Bertz CT molecular complexity index is 248. The van der Waals surface area contributed by atoms with Crippen LogP contribution in [-0.2, 0) is 0 Å². The topological polar surface area (TPSA) is 49.3 Å². The van der Waals surface area contributed by atoms with Crippen LogP contribution in [0.5, 0.6) is 0 Å². The summed E-state index contributed by atoms with van der Waals surface area (Å²) in [4.78, 5) is 11.3. The van der Waals surface area contributed by atoms with Gasteiger partial charge in [0, 0.05) is 3.57 Å². The average molecular weight is 269 g/mol. The van der Waals surface area contributed by atoms with Crippen LogP contribution in [0, 0.1) is 3.57 Å². The molecule has 10 heavy (non-hydrogen) atoms. The van der Waals surface area contributed by atoms with E-state index < -0.39 is 5.91 Å². The number of rotatable bonds is 1. The van der Waals surface area contributed by atoms with Crippen LogP contribution in [0.15, 0.2) is 11.4 Å². The van der Waals surface area contributed by atoms with E-state index in [1.165, 1.54) is 11.3 Å². The van der Waals surface area contributed by atoms with Crippen LogP contribution in [0.1, 0.15) is 9.67 Å². The summed E-state index contributed by atoms with van der Waals surface area (Å²) in [6.07, 6.45) is 0. The molecule has 5 heteroatoms. The van der Waals surface area contributed by atoms with Crippen LogP contribution in [0.2, 0.25) is 0 Å². The summed E-state index contributed by atoms with van der Waals surface area (Å²) in [7, 11) is 0. The molecule has 0 aliphatic heterocycles. The van der Waals surface area contributed by atoms with Crippen molar-refractivity contribution < 1.29 is 10.0 Å². The van der Waals surface area contributed by atoms with Crippen molar-refractivity contribution in [3.05, 3.63) is 19.9 Å². The van der Waals surface area contributed by atoms with Crippen LogP contribution in [0.4, 0.5) is 0 Å². The minimum atomic E-state index is -0.445. The Hall–Kier alpha value is -0.140. The van der Waals surface area contributed by atoms with Crippen molar-refractivity contribution in [3.63, 3.8) is 0 Å². The quantitative estimate of drug-likeness (QED) is 0.461. The van der Waals surface area contributed by atoms with E-state index in [0.29, 0.717) is 4.88 Å². The van der Waals surface area contributed by atoms with Gasteiger partial charge in [-0.2, -0.15) is 0 Å². The summed E-state index contributed by atoms with van der Waals surface area (Å²) in [5.41, 5.74) is 1.57. The van der Waals surface area contributed by atoms with Crippen molar-refractivity contribution in [2.24, 2.45) is 0 Å². The molecule has 54 valence electrons. The number of carbonyl (C=O) groups is 1. The Kier molecular flexibility index (Phi) is 2.64. The molecule has 0 saturated carbocycles. The summed E-state index contributed by atoms with van der Waals surface area (Å²) in [6.45, 7) is 0. The molecule has 0 aliphatic carbocycles. The highest BCUT2D eigenvalue weighted by Crippen LogP contribution is 2.17. The predicted octanol–water partition coefficient (Wildman–Crippen LogP) is 1.47. The van der Waals surface area contributed by atoms with Gasteiger partial charge in [0.25, 0.3) is 5.91 Å². The second-order valence-electron chi connectivity index (χ2n) is 1.54. The van der Waals surface area contributed by atoms with Gasteiger partial charge in [0.15, 0.2) is 0 Å². The summed E-state index contributed by atoms with van der Waals surface area (Å²) >= 11 is 3.34. The Balaban J connectivity index is 2.93. The zero-order valence-electron chi connectivity index (χ0n) is 4.80. The first kappa shape index (κ1) is 7.96. The summed E-state index contributed by atoms with van der Waals surface area (Å²) in [5, 5.41) is 10.0. The Morgan fingerprint density at radius 1 is 1.80 bits per heavy atom. The molecular formula is C5H4INO2S. The van der Waals surface area contributed by atoms with Crippen LogP contribution in [0.25, 0.3) is 0 Å². The van der Waals surface area contributed by atoms with Crippen LogP contribution in [0.3, 0.4) is 0 Å². The second-order valence-corrected chi connectivity index (χ2v) is 3.62. The molecule has 3 nitrogen and oxygen atoms in total. The first-order valence-electron chi connectivity index (χ1n) is 2.43. The maximum Gasteiger partial charge on any atom is 0.285 e. The molecule has 1 aromatic heterocycles. The van der Waals surface area contributed by atoms with E-state index in [9.17, 15) is 4.79 Å². The Morgan fingerprint density at radius 3 is 2.90 bits per heavy atom. The second kappa shape index (κ2) is 3.31. The number of thiophene rings is 1. The van der Waals surface area contributed by atoms with Crippen molar-refractivity contribution in [1.82, 2.24) is 5.48 Å². The third-order valence-corrected chi connectivity index (χ3v) is 3.10. The third-order valence-electron chi connectivity index (χ3n) is 0.925. The monoisotopic (exact) mass is 269 g/mol. The van der Waals surface area contributed by atoms with E-state index in [-0.39, 0.29) is 0 Å². The van der Waals surface area contributed by atoms with Crippen LogP contribution in [-0.4, -0.2) is 11.1 Å². The molecule has 0 atom stereocenters. The molecule has 0 saturated heterocycles. The minimum Gasteiger partial charge on any atom is -0.288 e. The van der Waals surface area contributed by atoms with E-state index in [4.69, 9.17) is 5.21 Å². The number of hydrogen-bond acceptors (Lipinski definition) is 3. The number of hydroxylamine groups is 1. The number of halogens is 1. The van der Waals surface area contributed by atoms with Gasteiger partial charge in [-0.3, -0.25) is 10.0 Å². The van der Waals surface area contributed by atoms with Crippen LogP contribution >= 0.6 is 33.9 Å². The molecule has 0 radical (unpaired) electrons. The standard InChI is InChI=1S/C5H4INO2S/c6-3-1-2-10-4(3)5(8)7-9/h1-2,9H,(H,7,8). The van der Waals surface area contributed by atoms with Gasteiger partial charge in [0.05, 0.1) is 0 Å². The van der Waals surface area contributed by atoms with Crippen molar-refractivity contribution in [3.8, 4) is 0 Å². The molecule has 1 amide bonds. The van der Waals surface area contributed by atoms with Crippen molar-refractivity contribution in [2.75, 3.05) is 0 Å². The van der Waals surface area contributed by atoms with E-state index in [0.717, 1.165) is 3.57 Å². The van der Waals surface area contributed by atoms with Gasteiger partial charge in [0.2, 0.25) is 0 Å². The fraction of sp³-hybridized carbons (Fsp3) is 0. The number of carbonyl (C=O) groups excluding carboxylic acids is 1. The van der Waals surface area contributed by atoms with Crippen molar-refractivity contribution in [2.45, 2.75) is 0 Å². The summed E-state index contributed by atoms with van der Waals surface area (Å²) in [6, 6.07) is 1.82. The molecule has 0 aliphatic rings. The lowest BCUT2D eigenvalue weighted by molar-refractivity contribution is 0.0710. The van der Waals surface area contributed by atoms with E-state index >= 15 is 0 Å². The highest BCUT2D eigenvalue weighted by molar-refractivity contribution is 14.1. The van der Waals surface area contributed by atoms with E-state index in [1.54, 1.807) is 10.9 Å². The third kappa shape index (κ3) is 1.47. The van der Waals surface area contributed by atoms with Gasteiger partial charge < -0.3 is 0 Å². The molecule has 0 bridgehead atoms. The number of nitrogens with one attached hydrogen (secondary N) is 1. The summed E-state index contributed by atoms with van der Waals surface area (Å²) < 4.78 is 0.856. The fourth-order valence-electron chi connectivity index (χ4n) is 0.507. The number of amides is 1.